The fourth-order valence-electron chi connectivity index (χ4n) is 5.11. The maximum Gasteiger partial charge on any atom is 0.251 e. The molecule has 0 radical (unpaired) electrons. The molecule has 0 atom stereocenters. The number of halogens is 2. The molecule has 3 aromatic heterocycles. The molecule has 1 fully saturated rings. The van der Waals surface area contributed by atoms with E-state index in [0.29, 0.717) is 52.8 Å². The normalized spacial score (nSPS) is 12.5. The zero-order valence-electron chi connectivity index (χ0n) is 31.8. The highest BCUT2D eigenvalue weighted by atomic mass is 35.5. The van der Waals surface area contributed by atoms with Crippen LogP contribution in [0.2, 0.25) is 5.15 Å². The highest BCUT2D eigenvalue weighted by molar-refractivity contribution is 6.29. The van der Waals surface area contributed by atoms with Crippen LogP contribution >= 0.6 is 11.6 Å². The van der Waals surface area contributed by atoms with Gasteiger partial charge in [-0.2, -0.15) is 0 Å². The molecule has 6 rings (SSSR count). The minimum absolute atomic E-state index is 0.0744. The number of aromatic nitrogens is 3. The van der Waals surface area contributed by atoms with Gasteiger partial charge in [-0.1, -0.05) is 83.5 Å². The topological polar surface area (TPSA) is 126 Å². The van der Waals surface area contributed by atoms with E-state index in [1.54, 1.807) is 19.3 Å². The average Bonchev–Trinajstić information content (AvgIpc) is 3.99. The molecule has 0 spiro atoms. The van der Waals surface area contributed by atoms with Crippen molar-refractivity contribution in [2.24, 2.45) is 5.41 Å². The van der Waals surface area contributed by atoms with Gasteiger partial charge in [0, 0.05) is 42.5 Å². The zero-order chi connectivity index (χ0) is 39.4. The molecular weight excluding hydrogens is 703 g/mol. The lowest BCUT2D eigenvalue weighted by Gasteiger charge is -2.15. The minimum Gasteiger partial charge on any atom is -0.355 e. The van der Waals surface area contributed by atoms with E-state index < -0.39 is 5.41 Å². The molecule has 11 heteroatoms. The predicted octanol–water partition coefficient (Wildman–Crippen LogP) is 9.79. The fraction of sp³-hybridized carbons (Fsp3) is 0.302. The summed E-state index contributed by atoms with van der Waals surface area (Å²) in [5, 5.41) is 8.56. The first-order valence-corrected chi connectivity index (χ1v) is 18.3. The summed E-state index contributed by atoms with van der Waals surface area (Å²) in [5.74, 6) is 0.598. The molecule has 5 aromatic rings. The Hall–Kier alpha value is -5.48. The predicted molar refractivity (Wildman–Crippen MR) is 214 cm³/mol. The molecule has 1 saturated carbocycles. The van der Waals surface area contributed by atoms with Crippen molar-refractivity contribution in [3.05, 3.63) is 137 Å². The fourth-order valence-corrected chi connectivity index (χ4v) is 5.22. The van der Waals surface area contributed by atoms with Crippen LogP contribution in [0.3, 0.4) is 0 Å². The van der Waals surface area contributed by atoms with Gasteiger partial charge in [-0.3, -0.25) is 19.4 Å². The van der Waals surface area contributed by atoms with Crippen LogP contribution in [0.4, 0.5) is 15.9 Å². The van der Waals surface area contributed by atoms with Crippen LogP contribution in [0.15, 0.2) is 104 Å². The second-order valence-electron chi connectivity index (χ2n) is 14.0. The van der Waals surface area contributed by atoms with Gasteiger partial charge in [-0.15, -0.1) is 0 Å². The molecule has 0 saturated heterocycles. The number of rotatable bonds is 9. The van der Waals surface area contributed by atoms with Gasteiger partial charge in [-0.05, 0) is 102 Å². The Labute approximate surface area is 322 Å². The van der Waals surface area contributed by atoms with Crippen molar-refractivity contribution in [2.45, 2.75) is 72.1 Å². The molecule has 3 heterocycles. The van der Waals surface area contributed by atoms with Crippen LogP contribution in [-0.4, -0.2) is 39.7 Å². The molecule has 3 N–H and O–H groups in total. The number of nitrogens with one attached hydrogen (secondary N) is 3. The van der Waals surface area contributed by atoms with Crippen molar-refractivity contribution in [1.82, 2.24) is 20.3 Å². The monoisotopic (exact) mass is 750 g/mol. The Bertz CT molecular complexity index is 1980. The van der Waals surface area contributed by atoms with Crippen LogP contribution < -0.4 is 16.0 Å². The lowest BCUT2D eigenvalue weighted by atomic mass is 10.0. The van der Waals surface area contributed by atoms with Gasteiger partial charge in [0.2, 0.25) is 11.8 Å². The first kappa shape index (κ1) is 41.3. The van der Waals surface area contributed by atoms with Crippen LogP contribution in [0.1, 0.15) is 99.2 Å². The third-order valence-electron chi connectivity index (χ3n) is 8.96. The number of pyridine rings is 3. The first-order chi connectivity index (χ1) is 25.7. The van der Waals surface area contributed by atoms with Crippen LogP contribution in [0.25, 0.3) is 11.3 Å². The van der Waals surface area contributed by atoms with E-state index >= 15 is 0 Å². The molecule has 3 amide bonds. The first-order valence-electron chi connectivity index (χ1n) is 18.0. The Morgan fingerprint density at radius 2 is 1.17 bits per heavy atom. The van der Waals surface area contributed by atoms with Crippen LogP contribution in [0, 0.1) is 11.2 Å². The molecule has 0 unspecified atom stereocenters. The zero-order valence-corrected chi connectivity index (χ0v) is 32.5. The van der Waals surface area contributed by atoms with E-state index in [0.717, 1.165) is 16.8 Å². The number of hydrogen-bond acceptors (Lipinski definition) is 6. The maximum absolute atomic E-state index is 12.9. The van der Waals surface area contributed by atoms with Crippen molar-refractivity contribution in [3.8, 4) is 11.3 Å². The molecule has 1 aliphatic rings. The summed E-state index contributed by atoms with van der Waals surface area (Å²) >= 11 is 5.61. The summed E-state index contributed by atoms with van der Waals surface area (Å²) in [6.45, 7) is 12.7. The number of amides is 3. The molecule has 54 heavy (non-hydrogen) atoms. The summed E-state index contributed by atoms with van der Waals surface area (Å²) in [6, 6.07) is 24.5. The SMILES string of the molecule is CC(C)c1ccc(Cl)nc1.CC(C)c1ccc(NC(=O)C2(C(=O)Nc3ccc(F)cc3)CC2)nc1.CNC(=O)c1ccc(-c2ccc(C(C)C)cn2)cc1. The molecule has 0 aliphatic heterocycles. The molecule has 282 valence electrons. The lowest BCUT2D eigenvalue weighted by molar-refractivity contribution is -0.131. The third-order valence-corrected chi connectivity index (χ3v) is 9.18. The van der Waals surface area contributed by atoms with Crippen molar-refractivity contribution >= 4 is 40.8 Å². The van der Waals surface area contributed by atoms with E-state index in [1.807, 2.05) is 60.9 Å². The Kier molecular flexibility index (Phi) is 14.5. The summed E-state index contributed by atoms with van der Waals surface area (Å²) in [5.41, 5.74) is 5.52. The minimum atomic E-state index is -1.08. The van der Waals surface area contributed by atoms with Gasteiger partial charge in [0.1, 0.15) is 22.2 Å². The van der Waals surface area contributed by atoms with Gasteiger partial charge in [0.05, 0.1) is 5.69 Å². The number of carbonyl (C=O) groups is 3. The number of nitrogens with zero attached hydrogens (tertiary/aromatic N) is 3. The van der Waals surface area contributed by atoms with Gasteiger partial charge in [0.25, 0.3) is 5.91 Å². The van der Waals surface area contributed by atoms with E-state index in [4.69, 9.17) is 11.6 Å². The quantitative estimate of drug-likeness (QED) is 0.102. The number of carbonyl (C=O) groups excluding carboxylic acids is 3. The maximum atomic E-state index is 12.9. The third kappa shape index (κ3) is 11.5. The number of hydrogen-bond donors (Lipinski definition) is 3. The van der Waals surface area contributed by atoms with E-state index in [-0.39, 0.29) is 23.5 Å². The van der Waals surface area contributed by atoms with Crippen molar-refractivity contribution in [3.63, 3.8) is 0 Å². The second kappa shape index (κ2) is 19.0. The molecule has 2 aromatic carbocycles. The molecule has 1 aliphatic carbocycles. The summed E-state index contributed by atoms with van der Waals surface area (Å²) in [4.78, 5) is 49.1. The summed E-state index contributed by atoms with van der Waals surface area (Å²) < 4.78 is 12.9. The van der Waals surface area contributed by atoms with Crippen LogP contribution in [-0.2, 0) is 9.59 Å². The Balaban J connectivity index is 0.000000197. The number of benzene rings is 2. The van der Waals surface area contributed by atoms with Gasteiger partial charge in [0.15, 0.2) is 0 Å². The summed E-state index contributed by atoms with van der Waals surface area (Å²) in [6.07, 6.45) is 6.41. The Morgan fingerprint density at radius 3 is 1.61 bits per heavy atom. The highest BCUT2D eigenvalue weighted by Gasteiger charge is 2.56. The van der Waals surface area contributed by atoms with E-state index in [2.05, 4.69) is 78.5 Å². The number of anilines is 2. The second-order valence-corrected chi connectivity index (χ2v) is 14.4. The largest absolute Gasteiger partial charge is 0.355 e. The Morgan fingerprint density at radius 1 is 0.648 bits per heavy atom. The van der Waals surface area contributed by atoms with Gasteiger partial charge < -0.3 is 16.0 Å². The average molecular weight is 751 g/mol. The van der Waals surface area contributed by atoms with E-state index in [9.17, 15) is 18.8 Å². The summed E-state index contributed by atoms with van der Waals surface area (Å²) in [7, 11) is 1.63. The van der Waals surface area contributed by atoms with Crippen molar-refractivity contribution in [2.75, 3.05) is 17.7 Å². The highest BCUT2D eigenvalue weighted by Crippen LogP contribution is 2.47. The van der Waals surface area contributed by atoms with E-state index in [1.165, 1.54) is 35.4 Å². The standard InChI is InChI=1S/C19H20FN3O2.C16H18N2O.C8H10ClN/c1-12(2)13-3-8-16(21-11-13)23-18(25)19(9-10-19)17(24)22-15-6-4-14(20)5-7-15;1-11(2)14-8-9-15(18-10-14)12-4-6-13(7-5-12)16(19)17-3;1-6(2)7-3-4-8(9)10-5-7/h3-8,11-12H,9-10H2,1-2H3,(H,22,24)(H,21,23,25);4-11H,1-3H3,(H,17,19);3-6H,1-2H3. The van der Waals surface area contributed by atoms with Crippen molar-refractivity contribution in [1.29, 1.82) is 0 Å². The van der Waals surface area contributed by atoms with Crippen LogP contribution in [0.5, 0.6) is 0 Å². The molecular formula is C43H48ClFN6O3. The molecule has 0 bridgehead atoms. The van der Waals surface area contributed by atoms with Gasteiger partial charge >= 0.3 is 0 Å². The van der Waals surface area contributed by atoms with Crippen molar-refractivity contribution < 1.29 is 18.8 Å². The molecule has 9 nitrogen and oxygen atoms in total. The van der Waals surface area contributed by atoms with Gasteiger partial charge in [-0.25, -0.2) is 14.4 Å². The smallest absolute Gasteiger partial charge is 0.251 e. The lowest BCUT2D eigenvalue weighted by Crippen LogP contribution is -2.35.